The Hall–Kier alpha value is -3.17. The van der Waals surface area contributed by atoms with Crippen LogP contribution in [0, 0.1) is 0 Å². The molecule has 0 aliphatic carbocycles. The minimum absolute atomic E-state index is 0.0460. The number of piperazine rings is 1. The highest BCUT2D eigenvalue weighted by Crippen LogP contribution is 2.18. The lowest BCUT2D eigenvalue weighted by Crippen LogP contribution is -2.46. The van der Waals surface area contributed by atoms with Crippen molar-refractivity contribution >= 4 is 27.2 Å². The van der Waals surface area contributed by atoms with Crippen LogP contribution >= 0.6 is 0 Å². The molecule has 4 rings (SSSR count). The average molecular weight is 441 g/mol. The second-order valence-electron chi connectivity index (χ2n) is 7.49. The van der Waals surface area contributed by atoms with Crippen LogP contribution in [0.5, 0.6) is 0 Å². The number of carbonyl (C=O) groups excluding carboxylic acids is 1. The number of rotatable bonds is 6. The molecular formula is C22H24N4O4S. The van der Waals surface area contributed by atoms with Crippen LogP contribution in [-0.2, 0) is 16.4 Å². The fraction of sp³-hybridized carbons (Fsp3) is 0.273. The highest BCUT2D eigenvalue weighted by Gasteiger charge is 2.19. The first-order valence-electron chi connectivity index (χ1n) is 9.97. The van der Waals surface area contributed by atoms with Gasteiger partial charge in [-0.25, -0.2) is 13.4 Å². The Morgan fingerprint density at radius 1 is 1.03 bits per heavy atom. The summed E-state index contributed by atoms with van der Waals surface area (Å²) in [7, 11) is -3.49. The van der Waals surface area contributed by atoms with E-state index in [4.69, 9.17) is 4.42 Å². The lowest BCUT2D eigenvalue weighted by atomic mass is 10.1. The molecule has 0 radical (unpaired) electrons. The summed E-state index contributed by atoms with van der Waals surface area (Å²) in [5.74, 6) is 0.478. The highest BCUT2D eigenvalue weighted by atomic mass is 32.2. The third-order valence-corrected chi connectivity index (χ3v) is 6.08. The number of furan rings is 1. The van der Waals surface area contributed by atoms with Crippen molar-refractivity contribution in [2.45, 2.75) is 11.6 Å². The van der Waals surface area contributed by atoms with Gasteiger partial charge in [0.15, 0.2) is 5.76 Å². The normalized spacial score (nSPS) is 15.1. The molecule has 31 heavy (non-hydrogen) atoms. The highest BCUT2D eigenvalue weighted by molar-refractivity contribution is 7.90. The zero-order valence-electron chi connectivity index (χ0n) is 17.2. The van der Waals surface area contributed by atoms with Gasteiger partial charge in [-0.05, 0) is 42.0 Å². The summed E-state index contributed by atoms with van der Waals surface area (Å²) in [6, 6.07) is 16.2. The van der Waals surface area contributed by atoms with Crippen LogP contribution in [0.2, 0.25) is 0 Å². The van der Waals surface area contributed by atoms with Crippen LogP contribution in [-0.4, -0.2) is 56.6 Å². The van der Waals surface area contributed by atoms with Gasteiger partial charge in [-0.2, -0.15) is 0 Å². The molecule has 162 valence electrons. The summed E-state index contributed by atoms with van der Waals surface area (Å²) in [6.45, 7) is 4.61. The van der Waals surface area contributed by atoms with Crippen molar-refractivity contribution in [3.05, 3.63) is 72.1 Å². The predicted octanol–water partition coefficient (Wildman–Crippen LogP) is 2.65. The van der Waals surface area contributed by atoms with Crippen molar-refractivity contribution in [2.75, 3.05) is 42.7 Å². The van der Waals surface area contributed by atoms with Gasteiger partial charge in [0.1, 0.15) is 5.82 Å². The number of hydrogen-bond acceptors (Lipinski definition) is 7. The number of anilines is 2. The van der Waals surface area contributed by atoms with Crippen molar-refractivity contribution in [2.24, 2.45) is 0 Å². The van der Waals surface area contributed by atoms with Crippen LogP contribution in [0.3, 0.4) is 0 Å². The van der Waals surface area contributed by atoms with Gasteiger partial charge >= 0.3 is 0 Å². The zero-order chi connectivity index (χ0) is 21.8. The summed E-state index contributed by atoms with van der Waals surface area (Å²) in [5.41, 5.74) is 1.77. The number of pyridine rings is 1. The van der Waals surface area contributed by atoms with Crippen LogP contribution in [0.1, 0.15) is 16.1 Å². The first-order chi connectivity index (χ1) is 14.9. The Labute approximate surface area is 181 Å². The molecule has 0 spiro atoms. The smallest absolute Gasteiger partial charge is 0.291 e. The molecule has 1 fully saturated rings. The third-order valence-electron chi connectivity index (χ3n) is 5.13. The number of amides is 1. The van der Waals surface area contributed by atoms with Gasteiger partial charge in [0.05, 0.1) is 0 Å². The Balaban J connectivity index is 1.30. The predicted molar refractivity (Wildman–Crippen MR) is 118 cm³/mol. The molecule has 0 atom stereocenters. The first-order valence-corrected chi connectivity index (χ1v) is 11.9. The number of nitrogens with one attached hydrogen (secondary N) is 1. The fourth-order valence-corrected chi connectivity index (χ4v) is 4.02. The van der Waals surface area contributed by atoms with E-state index in [9.17, 15) is 13.2 Å². The SMILES string of the molecule is CS(=O)(=O)c1ccc(C(=O)Nc2ccc(CN3CCN(c4ccccn4)CC3)cc2)o1. The van der Waals surface area contributed by atoms with Gasteiger partial charge in [-0.3, -0.25) is 9.69 Å². The van der Waals surface area contributed by atoms with Gasteiger partial charge in [-0.1, -0.05) is 18.2 Å². The lowest BCUT2D eigenvalue weighted by molar-refractivity contribution is 0.0991. The first kappa shape index (κ1) is 21.1. The van der Waals surface area contributed by atoms with Gasteiger partial charge < -0.3 is 14.6 Å². The van der Waals surface area contributed by atoms with Crippen molar-refractivity contribution < 1.29 is 17.6 Å². The average Bonchev–Trinajstić information content (AvgIpc) is 3.28. The molecule has 0 saturated carbocycles. The molecule has 3 heterocycles. The van der Waals surface area contributed by atoms with E-state index in [0.29, 0.717) is 5.69 Å². The van der Waals surface area contributed by atoms with E-state index in [-0.39, 0.29) is 10.9 Å². The Bertz CT molecular complexity index is 1140. The van der Waals surface area contributed by atoms with E-state index in [2.05, 4.69) is 20.1 Å². The van der Waals surface area contributed by atoms with Crippen molar-refractivity contribution in [3.63, 3.8) is 0 Å². The van der Waals surface area contributed by atoms with Gasteiger partial charge in [0, 0.05) is 50.9 Å². The Morgan fingerprint density at radius 2 is 1.77 bits per heavy atom. The Kier molecular flexibility index (Phi) is 6.06. The monoisotopic (exact) mass is 440 g/mol. The maximum Gasteiger partial charge on any atom is 0.291 e. The fourth-order valence-electron chi connectivity index (χ4n) is 3.46. The molecule has 1 aliphatic heterocycles. The second kappa shape index (κ2) is 8.91. The topological polar surface area (TPSA) is 95.8 Å². The van der Waals surface area contributed by atoms with E-state index in [1.54, 1.807) is 0 Å². The summed E-state index contributed by atoms with van der Waals surface area (Å²) >= 11 is 0. The number of sulfone groups is 1. The molecule has 0 unspecified atom stereocenters. The summed E-state index contributed by atoms with van der Waals surface area (Å²) in [4.78, 5) is 21.4. The molecule has 1 aliphatic rings. The largest absolute Gasteiger partial charge is 0.440 e. The van der Waals surface area contributed by atoms with E-state index < -0.39 is 15.7 Å². The van der Waals surface area contributed by atoms with E-state index in [1.807, 2.05) is 48.7 Å². The van der Waals surface area contributed by atoms with E-state index in [0.717, 1.165) is 50.4 Å². The maximum atomic E-state index is 12.3. The quantitative estimate of drug-likeness (QED) is 0.629. The zero-order valence-corrected chi connectivity index (χ0v) is 18.0. The number of benzene rings is 1. The molecule has 1 N–H and O–H groups in total. The molecule has 1 amide bonds. The standard InChI is InChI=1S/C22H24N4O4S/c1-31(28,29)21-10-9-19(30-21)22(27)24-18-7-5-17(6-8-18)16-25-12-14-26(15-13-25)20-4-2-3-11-23-20/h2-11H,12-16H2,1H3,(H,24,27). The minimum Gasteiger partial charge on any atom is -0.440 e. The molecule has 1 saturated heterocycles. The number of nitrogens with zero attached hydrogens (tertiary/aromatic N) is 3. The summed E-state index contributed by atoms with van der Waals surface area (Å²) in [6.07, 6.45) is 2.85. The Morgan fingerprint density at radius 3 is 2.39 bits per heavy atom. The van der Waals surface area contributed by atoms with Crippen LogP contribution in [0.4, 0.5) is 11.5 Å². The number of hydrogen-bond donors (Lipinski definition) is 1. The minimum atomic E-state index is -3.49. The lowest BCUT2D eigenvalue weighted by Gasteiger charge is -2.35. The van der Waals surface area contributed by atoms with Crippen LogP contribution in [0.25, 0.3) is 0 Å². The number of aromatic nitrogens is 1. The van der Waals surface area contributed by atoms with Gasteiger partial charge in [-0.15, -0.1) is 0 Å². The van der Waals surface area contributed by atoms with Crippen LogP contribution < -0.4 is 10.2 Å². The van der Waals surface area contributed by atoms with E-state index >= 15 is 0 Å². The summed E-state index contributed by atoms with van der Waals surface area (Å²) < 4.78 is 28.1. The summed E-state index contributed by atoms with van der Waals surface area (Å²) in [5, 5.41) is 2.50. The van der Waals surface area contributed by atoms with E-state index in [1.165, 1.54) is 12.1 Å². The second-order valence-corrected chi connectivity index (χ2v) is 9.44. The van der Waals surface area contributed by atoms with Crippen molar-refractivity contribution in [1.82, 2.24) is 9.88 Å². The molecule has 0 bridgehead atoms. The number of carbonyl (C=O) groups is 1. The van der Waals surface area contributed by atoms with Gasteiger partial charge in [0.25, 0.3) is 5.91 Å². The molecular weight excluding hydrogens is 416 g/mol. The van der Waals surface area contributed by atoms with Crippen molar-refractivity contribution in [3.8, 4) is 0 Å². The maximum absolute atomic E-state index is 12.3. The van der Waals surface area contributed by atoms with Gasteiger partial charge in [0.2, 0.25) is 14.9 Å². The van der Waals surface area contributed by atoms with Crippen LogP contribution in [0.15, 0.2) is 70.3 Å². The van der Waals surface area contributed by atoms with Crippen molar-refractivity contribution in [1.29, 1.82) is 0 Å². The molecule has 8 nitrogen and oxygen atoms in total. The molecule has 2 aromatic heterocycles. The molecule has 1 aromatic carbocycles. The molecule has 3 aromatic rings. The third kappa shape index (κ3) is 5.31. The molecule has 9 heteroatoms.